The summed E-state index contributed by atoms with van der Waals surface area (Å²) in [5.74, 6) is 0. The molecule has 0 amide bonds. The van der Waals surface area contributed by atoms with E-state index in [4.69, 9.17) is 5.11 Å². The molecule has 0 spiro atoms. The van der Waals surface area contributed by atoms with Crippen molar-refractivity contribution in [1.29, 1.82) is 0 Å². The summed E-state index contributed by atoms with van der Waals surface area (Å²) in [6, 6.07) is 2.48. The Morgan fingerprint density at radius 2 is 2.41 bits per heavy atom. The first-order valence-corrected chi connectivity index (χ1v) is 7.47. The highest BCUT2D eigenvalue weighted by Crippen LogP contribution is 2.37. The Balaban J connectivity index is 2.03. The maximum atomic E-state index is 9.79. The van der Waals surface area contributed by atoms with Crippen LogP contribution in [0.25, 0.3) is 0 Å². The smallest absolute Gasteiger partial charge is 0.0973 e. The largest absolute Gasteiger partial charge is 0.393 e. The quantitative estimate of drug-likeness (QED) is 0.797. The van der Waals surface area contributed by atoms with Crippen LogP contribution in [0, 0.1) is 0 Å². The second kappa shape index (κ2) is 5.36. The summed E-state index contributed by atoms with van der Waals surface area (Å²) in [5, 5.41) is 22.2. The zero-order valence-corrected chi connectivity index (χ0v) is 12.3. The van der Waals surface area contributed by atoms with E-state index in [0.29, 0.717) is 12.6 Å². The van der Waals surface area contributed by atoms with Crippen molar-refractivity contribution >= 4 is 27.3 Å². The second-order valence-electron chi connectivity index (χ2n) is 4.91. The molecule has 0 saturated heterocycles. The van der Waals surface area contributed by atoms with Crippen LogP contribution in [0.2, 0.25) is 0 Å². The highest BCUT2D eigenvalue weighted by atomic mass is 79.9. The zero-order chi connectivity index (χ0) is 12.5. The van der Waals surface area contributed by atoms with E-state index in [-0.39, 0.29) is 6.61 Å². The molecule has 0 saturated carbocycles. The number of hydrogen-bond donors (Lipinski definition) is 3. The van der Waals surface area contributed by atoms with Gasteiger partial charge in [0.15, 0.2) is 0 Å². The van der Waals surface area contributed by atoms with Gasteiger partial charge < -0.3 is 15.5 Å². The molecule has 3 N–H and O–H groups in total. The van der Waals surface area contributed by atoms with E-state index in [9.17, 15) is 5.11 Å². The molecule has 0 aromatic carbocycles. The predicted molar refractivity (Wildman–Crippen MR) is 73.4 cm³/mol. The van der Waals surface area contributed by atoms with Gasteiger partial charge in [-0.2, -0.15) is 0 Å². The van der Waals surface area contributed by atoms with Gasteiger partial charge in [-0.1, -0.05) is 0 Å². The van der Waals surface area contributed by atoms with Gasteiger partial charge in [0.1, 0.15) is 0 Å². The topological polar surface area (TPSA) is 52.5 Å². The van der Waals surface area contributed by atoms with E-state index >= 15 is 0 Å². The lowest BCUT2D eigenvalue weighted by Gasteiger charge is -2.28. The van der Waals surface area contributed by atoms with Gasteiger partial charge in [-0.05, 0) is 53.7 Å². The van der Waals surface area contributed by atoms with Crippen LogP contribution < -0.4 is 5.32 Å². The average Bonchev–Trinajstić information content (AvgIpc) is 2.67. The van der Waals surface area contributed by atoms with E-state index in [2.05, 4.69) is 27.3 Å². The molecule has 1 aliphatic rings. The van der Waals surface area contributed by atoms with Crippen molar-refractivity contribution in [3.8, 4) is 0 Å². The maximum Gasteiger partial charge on any atom is 0.0973 e. The molecule has 3 nitrogen and oxygen atoms in total. The molecule has 0 fully saturated rings. The first kappa shape index (κ1) is 13.5. The van der Waals surface area contributed by atoms with Gasteiger partial charge in [0.05, 0.1) is 16.0 Å². The van der Waals surface area contributed by atoms with Crippen LogP contribution in [0.1, 0.15) is 36.2 Å². The van der Waals surface area contributed by atoms with Crippen molar-refractivity contribution in [3.63, 3.8) is 0 Å². The molecule has 1 heterocycles. The van der Waals surface area contributed by atoms with Crippen molar-refractivity contribution in [1.82, 2.24) is 5.32 Å². The molecule has 2 atom stereocenters. The first-order chi connectivity index (χ1) is 8.02. The molecule has 2 rings (SSSR count). The van der Waals surface area contributed by atoms with E-state index in [1.807, 2.05) is 0 Å². The molecule has 1 aliphatic carbocycles. The molecule has 0 aliphatic heterocycles. The lowest BCUT2D eigenvalue weighted by Crippen LogP contribution is -2.42. The Morgan fingerprint density at radius 3 is 3.12 bits per heavy atom. The number of thiophene rings is 1. The SMILES string of the molecule is CC(O)(CO)CNC1CCCc2sc(Br)cc21. The van der Waals surface area contributed by atoms with Crippen molar-refractivity contribution < 1.29 is 10.2 Å². The molecule has 5 heteroatoms. The average molecular weight is 320 g/mol. The van der Waals surface area contributed by atoms with Gasteiger partial charge in [-0.3, -0.25) is 0 Å². The number of nitrogens with one attached hydrogen (secondary N) is 1. The lowest BCUT2D eigenvalue weighted by atomic mass is 9.93. The minimum atomic E-state index is -1.04. The molecule has 17 heavy (non-hydrogen) atoms. The minimum Gasteiger partial charge on any atom is -0.393 e. The summed E-state index contributed by atoms with van der Waals surface area (Å²) >= 11 is 5.32. The molecule has 0 radical (unpaired) electrons. The highest BCUT2D eigenvalue weighted by Gasteiger charge is 2.25. The summed E-state index contributed by atoms with van der Waals surface area (Å²) in [6.07, 6.45) is 3.43. The summed E-state index contributed by atoms with van der Waals surface area (Å²) in [6.45, 7) is 1.85. The Labute approximate surface area is 114 Å². The van der Waals surface area contributed by atoms with E-state index in [1.54, 1.807) is 18.3 Å². The molecular formula is C12H18BrNO2S. The number of fused-ring (bicyclic) bond motifs is 1. The van der Waals surface area contributed by atoms with Gasteiger partial charge in [0, 0.05) is 17.5 Å². The summed E-state index contributed by atoms with van der Waals surface area (Å²) < 4.78 is 1.17. The predicted octanol–water partition coefficient (Wildman–Crippen LogP) is 2.22. The standard InChI is InChI=1S/C12H18BrNO2S/c1-12(16,7-15)6-14-9-3-2-4-10-8(9)5-11(13)17-10/h5,9,14-16H,2-4,6-7H2,1H3. The number of rotatable bonds is 4. The molecule has 1 aromatic heterocycles. The number of halogens is 1. The number of hydrogen-bond acceptors (Lipinski definition) is 4. The number of aliphatic hydroxyl groups is 2. The second-order valence-corrected chi connectivity index (χ2v) is 7.43. The van der Waals surface area contributed by atoms with Crippen LogP contribution in [0.5, 0.6) is 0 Å². The van der Waals surface area contributed by atoms with Crippen LogP contribution >= 0.6 is 27.3 Å². The molecule has 2 unspecified atom stereocenters. The Hall–Kier alpha value is 0.0600. The zero-order valence-electron chi connectivity index (χ0n) is 9.87. The van der Waals surface area contributed by atoms with Crippen LogP contribution in [-0.2, 0) is 6.42 Å². The molecule has 1 aromatic rings. The van der Waals surface area contributed by atoms with Crippen molar-refractivity contribution in [2.24, 2.45) is 0 Å². The third-order valence-corrected chi connectivity index (χ3v) is 4.87. The molecule has 96 valence electrons. The van der Waals surface area contributed by atoms with E-state index in [0.717, 1.165) is 12.8 Å². The van der Waals surface area contributed by atoms with E-state index < -0.39 is 5.60 Å². The monoisotopic (exact) mass is 319 g/mol. The van der Waals surface area contributed by atoms with Gasteiger partial charge >= 0.3 is 0 Å². The Morgan fingerprint density at radius 1 is 1.65 bits per heavy atom. The summed E-state index contributed by atoms with van der Waals surface area (Å²) in [5.41, 5.74) is 0.312. The summed E-state index contributed by atoms with van der Waals surface area (Å²) in [4.78, 5) is 1.43. The fourth-order valence-corrected chi connectivity index (χ4v) is 3.95. The first-order valence-electron chi connectivity index (χ1n) is 5.86. The molecular weight excluding hydrogens is 302 g/mol. The molecule has 0 bridgehead atoms. The highest BCUT2D eigenvalue weighted by molar-refractivity contribution is 9.11. The fraction of sp³-hybridized carbons (Fsp3) is 0.667. The Bertz CT molecular complexity index is 392. The fourth-order valence-electron chi connectivity index (χ4n) is 2.13. The normalized spacial score (nSPS) is 23.2. The Kier molecular flexibility index (Phi) is 4.26. The van der Waals surface area contributed by atoms with Gasteiger partial charge in [-0.15, -0.1) is 11.3 Å². The van der Waals surface area contributed by atoms with Crippen molar-refractivity contribution in [3.05, 3.63) is 20.3 Å². The van der Waals surface area contributed by atoms with E-state index in [1.165, 1.54) is 20.6 Å². The number of aryl methyl sites for hydroxylation is 1. The van der Waals surface area contributed by atoms with Crippen LogP contribution in [0.15, 0.2) is 9.85 Å². The van der Waals surface area contributed by atoms with Gasteiger partial charge in [0.2, 0.25) is 0 Å². The van der Waals surface area contributed by atoms with Crippen molar-refractivity contribution in [2.75, 3.05) is 13.2 Å². The van der Waals surface area contributed by atoms with Crippen LogP contribution in [0.4, 0.5) is 0 Å². The van der Waals surface area contributed by atoms with Crippen molar-refractivity contribution in [2.45, 2.75) is 37.8 Å². The summed E-state index contributed by atoms with van der Waals surface area (Å²) in [7, 11) is 0. The maximum absolute atomic E-state index is 9.79. The van der Waals surface area contributed by atoms with Gasteiger partial charge in [0.25, 0.3) is 0 Å². The minimum absolute atomic E-state index is 0.215. The van der Waals surface area contributed by atoms with Crippen LogP contribution in [-0.4, -0.2) is 29.0 Å². The van der Waals surface area contributed by atoms with Crippen LogP contribution in [0.3, 0.4) is 0 Å². The third-order valence-electron chi connectivity index (χ3n) is 3.15. The number of aliphatic hydroxyl groups excluding tert-OH is 1. The lowest BCUT2D eigenvalue weighted by molar-refractivity contribution is 0.000322. The van der Waals surface area contributed by atoms with Gasteiger partial charge in [-0.25, -0.2) is 0 Å². The third kappa shape index (κ3) is 3.29.